The van der Waals surface area contributed by atoms with E-state index in [1.165, 1.54) is 16.8 Å². The number of fused-ring (bicyclic) bond motifs is 3. The number of hydrogen-bond donors (Lipinski definition) is 0. The Balaban J connectivity index is 0.000000199. The van der Waals surface area contributed by atoms with Crippen LogP contribution in [0.15, 0.2) is 83.5 Å². The number of nitrogens with zero attached hydrogens (tertiary/aromatic N) is 3. The zero-order valence-corrected chi connectivity index (χ0v) is 28.9. The topological polar surface area (TPSA) is 51.8 Å². The standard InChI is InChI=1S/C19H14FN2O.C17H22NSi.Ir/c1-11(2)12-8-9-21-16(10-12)15-5-3-4-13-14-6-7-17(20)22-19(14)23-18(13)15;1-13(2)15-11-16(14-9-7-6-8-10-14)18-12-17(15)19(3,4)5;/h3-4,6-11H,1-2H3;6-9,11-13H,1-5H3;/q2*-1;/i;13D;. The van der Waals surface area contributed by atoms with Crippen LogP contribution in [0.25, 0.3) is 44.6 Å². The van der Waals surface area contributed by atoms with E-state index in [4.69, 9.17) is 5.79 Å². The molecule has 0 saturated heterocycles. The van der Waals surface area contributed by atoms with Crippen LogP contribution in [-0.2, 0) is 20.1 Å². The zero-order valence-electron chi connectivity index (χ0n) is 26.5. The Kier molecular flexibility index (Phi) is 9.65. The van der Waals surface area contributed by atoms with Crippen molar-refractivity contribution in [3.8, 4) is 22.5 Å². The average Bonchev–Trinajstić information content (AvgIpc) is 3.34. The van der Waals surface area contributed by atoms with E-state index in [2.05, 4.69) is 66.6 Å². The summed E-state index contributed by atoms with van der Waals surface area (Å²) in [5.74, 6) is -0.758. The van der Waals surface area contributed by atoms with Gasteiger partial charge in [-0.15, -0.1) is 54.1 Å². The van der Waals surface area contributed by atoms with Gasteiger partial charge in [0.1, 0.15) is 0 Å². The van der Waals surface area contributed by atoms with Gasteiger partial charge in [0, 0.05) is 39.3 Å². The van der Waals surface area contributed by atoms with Crippen LogP contribution in [0, 0.1) is 18.1 Å². The normalized spacial score (nSPS) is 12.1. The monoisotopic (exact) mass is 767 g/mol. The van der Waals surface area contributed by atoms with E-state index in [1.807, 2.05) is 68.6 Å². The molecule has 2 aromatic carbocycles. The molecule has 4 nitrogen and oxygen atoms in total. The Bertz CT molecular complexity index is 1900. The molecule has 223 valence electrons. The second kappa shape index (κ2) is 13.4. The van der Waals surface area contributed by atoms with Crippen molar-refractivity contribution in [3.63, 3.8) is 0 Å². The number of aromatic nitrogens is 3. The molecule has 0 fully saturated rings. The largest absolute Gasteiger partial charge is 0.486 e. The molecular weight excluding hydrogens is 730 g/mol. The molecule has 6 aromatic rings. The summed E-state index contributed by atoms with van der Waals surface area (Å²) in [6.45, 7) is 15.1. The quantitative estimate of drug-likeness (QED) is 0.0998. The minimum absolute atomic E-state index is 0. The van der Waals surface area contributed by atoms with Crippen LogP contribution < -0.4 is 5.19 Å². The Morgan fingerprint density at radius 3 is 2.35 bits per heavy atom. The van der Waals surface area contributed by atoms with Gasteiger partial charge in [-0.3, -0.25) is 0 Å². The molecule has 4 aromatic heterocycles. The second-order valence-electron chi connectivity index (χ2n) is 12.0. The summed E-state index contributed by atoms with van der Waals surface area (Å²) in [5.41, 5.74) is 6.67. The Morgan fingerprint density at radius 1 is 0.884 bits per heavy atom. The molecule has 0 bridgehead atoms. The molecule has 7 heteroatoms. The van der Waals surface area contributed by atoms with E-state index in [0.717, 1.165) is 38.9 Å². The molecule has 0 unspecified atom stereocenters. The first-order valence-corrected chi connectivity index (χ1v) is 17.7. The van der Waals surface area contributed by atoms with E-state index in [0.29, 0.717) is 17.2 Å². The van der Waals surface area contributed by atoms with Crippen LogP contribution in [0.3, 0.4) is 0 Å². The number of halogens is 1. The summed E-state index contributed by atoms with van der Waals surface area (Å²) in [5, 5.41) is 2.95. The van der Waals surface area contributed by atoms with Gasteiger partial charge in [-0.25, -0.2) is 0 Å². The molecule has 1 radical (unpaired) electrons. The van der Waals surface area contributed by atoms with Crippen molar-refractivity contribution in [3.05, 3.63) is 108 Å². The number of pyridine rings is 3. The fraction of sp³-hybridized carbons (Fsp3) is 0.250. The van der Waals surface area contributed by atoms with E-state index >= 15 is 0 Å². The van der Waals surface area contributed by atoms with Crippen LogP contribution >= 0.6 is 0 Å². The molecule has 0 saturated carbocycles. The van der Waals surface area contributed by atoms with Gasteiger partial charge in [-0.05, 0) is 46.6 Å². The van der Waals surface area contributed by atoms with E-state index in [1.54, 1.807) is 12.3 Å². The predicted octanol–water partition coefficient (Wildman–Crippen LogP) is 9.32. The van der Waals surface area contributed by atoms with Crippen LogP contribution in [0.5, 0.6) is 0 Å². The first-order valence-electron chi connectivity index (χ1n) is 14.7. The summed E-state index contributed by atoms with van der Waals surface area (Å²) in [4.78, 5) is 12.9. The first-order chi connectivity index (χ1) is 20.3. The molecule has 4 heterocycles. The molecule has 0 spiro atoms. The maximum absolute atomic E-state index is 13.3. The second-order valence-corrected chi connectivity index (χ2v) is 17.0. The Morgan fingerprint density at radius 2 is 1.67 bits per heavy atom. The van der Waals surface area contributed by atoms with Gasteiger partial charge in [-0.2, -0.15) is 9.37 Å². The fourth-order valence-electron chi connectivity index (χ4n) is 4.90. The molecule has 0 N–H and O–H groups in total. The number of rotatable bonds is 5. The van der Waals surface area contributed by atoms with Crippen molar-refractivity contribution in [2.24, 2.45) is 0 Å². The number of benzene rings is 2. The number of furan rings is 1. The van der Waals surface area contributed by atoms with Gasteiger partial charge in [0.05, 0.1) is 13.7 Å². The SMILES string of the molecule is CC(C)c1ccnc(-c2[c-]ccc3c2oc2nc(F)ccc23)c1.[2H]C(C)(C)c1cc(-c2[c-]cccc2)ncc1[Si](C)(C)C.[Ir]. The molecule has 6 rings (SSSR count). The Labute approximate surface area is 269 Å². The first kappa shape index (κ1) is 30.9. The third-order valence-corrected chi connectivity index (χ3v) is 9.22. The summed E-state index contributed by atoms with van der Waals surface area (Å²) < 4.78 is 27.6. The van der Waals surface area contributed by atoms with Crippen molar-refractivity contribution in [1.29, 1.82) is 0 Å². The maximum Gasteiger partial charge on any atom is 0.218 e. The summed E-state index contributed by atoms with van der Waals surface area (Å²) in [6, 6.07) is 27.1. The van der Waals surface area contributed by atoms with E-state index in [9.17, 15) is 4.39 Å². The summed E-state index contributed by atoms with van der Waals surface area (Å²) in [7, 11) is -1.50. The smallest absolute Gasteiger partial charge is 0.218 e. The van der Waals surface area contributed by atoms with Gasteiger partial charge >= 0.3 is 0 Å². The minimum Gasteiger partial charge on any atom is -0.486 e. The molecular formula is C36H36FIrN3OSi-2. The molecule has 0 amide bonds. The third-order valence-electron chi connectivity index (χ3n) is 7.21. The zero-order chi connectivity index (χ0) is 30.9. The number of hydrogen-bond acceptors (Lipinski definition) is 4. The van der Waals surface area contributed by atoms with Gasteiger partial charge in [0.15, 0.2) is 0 Å². The summed E-state index contributed by atoms with van der Waals surface area (Å²) >= 11 is 0. The van der Waals surface area contributed by atoms with E-state index < -0.39 is 19.9 Å². The maximum atomic E-state index is 13.3. The van der Waals surface area contributed by atoms with Crippen LogP contribution in [0.2, 0.25) is 19.6 Å². The van der Waals surface area contributed by atoms with Crippen LogP contribution in [-0.4, -0.2) is 23.0 Å². The Hall–Kier alpha value is -3.51. The van der Waals surface area contributed by atoms with Gasteiger partial charge in [0.25, 0.3) is 0 Å². The third kappa shape index (κ3) is 7.18. The van der Waals surface area contributed by atoms with Crippen molar-refractivity contribution >= 4 is 35.3 Å². The van der Waals surface area contributed by atoms with Crippen molar-refractivity contribution in [2.45, 2.75) is 59.1 Å². The van der Waals surface area contributed by atoms with Crippen molar-refractivity contribution < 1.29 is 30.3 Å². The van der Waals surface area contributed by atoms with Gasteiger partial charge in [-0.1, -0.05) is 81.5 Å². The molecule has 0 aliphatic carbocycles. The van der Waals surface area contributed by atoms with E-state index in [-0.39, 0.29) is 20.1 Å². The summed E-state index contributed by atoms with van der Waals surface area (Å²) in [6.07, 6.45) is 3.77. The predicted molar refractivity (Wildman–Crippen MR) is 173 cm³/mol. The van der Waals surface area contributed by atoms with Crippen molar-refractivity contribution in [1.82, 2.24) is 15.0 Å². The minimum atomic E-state index is -1.50. The molecule has 0 aliphatic heterocycles. The average molecular weight is 767 g/mol. The fourth-order valence-corrected chi connectivity index (χ4v) is 6.48. The molecule has 0 aliphatic rings. The van der Waals surface area contributed by atoms with Crippen LogP contribution in [0.4, 0.5) is 4.39 Å². The van der Waals surface area contributed by atoms with Crippen LogP contribution in [0.1, 0.15) is 52.0 Å². The van der Waals surface area contributed by atoms with Gasteiger partial charge in [0.2, 0.25) is 11.7 Å². The van der Waals surface area contributed by atoms with Gasteiger partial charge < -0.3 is 14.4 Å². The van der Waals surface area contributed by atoms with Crippen molar-refractivity contribution in [2.75, 3.05) is 0 Å². The molecule has 43 heavy (non-hydrogen) atoms. The molecule has 0 atom stereocenters.